The SMILES string of the molecule is COc1ccc(NC(=O)CCCCN2C(=O)CSC2=S)cc1Cl. The van der Waals surface area contributed by atoms with Gasteiger partial charge in [0.25, 0.3) is 0 Å². The van der Waals surface area contributed by atoms with Crippen LogP contribution >= 0.6 is 35.6 Å². The lowest BCUT2D eigenvalue weighted by Gasteiger charge is -2.14. The second-order valence-electron chi connectivity index (χ2n) is 4.95. The molecule has 0 bridgehead atoms. The van der Waals surface area contributed by atoms with Crippen molar-refractivity contribution in [2.45, 2.75) is 19.3 Å². The third-order valence-electron chi connectivity index (χ3n) is 3.31. The fraction of sp³-hybridized carbons (Fsp3) is 0.400. The van der Waals surface area contributed by atoms with Crippen LogP contribution in [0.5, 0.6) is 5.75 Å². The number of halogens is 1. The smallest absolute Gasteiger partial charge is 0.238 e. The van der Waals surface area contributed by atoms with Crippen molar-refractivity contribution >= 4 is 57.4 Å². The Hall–Kier alpha value is -1.31. The molecule has 1 aliphatic heterocycles. The van der Waals surface area contributed by atoms with E-state index in [9.17, 15) is 9.59 Å². The highest BCUT2D eigenvalue weighted by atomic mass is 35.5. The molecule has 1 aromatic carbocycles. The molecule has 124 valence electrons. The molecule has 1 heterocycles. The number of carbonyl (C=O) groups excluding carboxylic acids is 2. The van der Waals surface area contributed by atoms with Gasteiger partial charge in [-0.1, -0.05) is 35.6 Å². The van der Waals surface area contributed by atoms with Gasteiger partial charge in [-0.3, -0.25) is 14.5 Å². The standard InChI is InChI=1S/C15H17ClN2O3S2/c1-21-12-6-5-10(8-11(12)16)17-13(19)4-2-3-7-18-14(20)9-23-15(18)22/h5-6,8H,2-4,7,9H2,1H3,(H,17,19). The Bertz CT molecular complexity index is 609. The summed E-state index contributed by atoms with van der Waals surface area (Å²) in [5, 5.41) is 3.24. The van der Waals surface area contributed by atoms with E-state index in [4.69, 9.17) is 28.6 Å². The van der Waals surface area contributed by atoms with Gasteiger partial charge in [0.2, 0.25) is 11.8 Å². The van der Waals surface area contributed by atoms with Crippen LogP contribution in [-0.4, -0.2) is 40.4 Å². The summed E-state index contributed by atoms with van der Waals surface area (Å²) in [5.41, 5.74) is 0.632. The first kappa shape index (κ1) is 18.0. The lowest BCUT2D eigenvalue weighted by Crippen LogP contribution is -2.29. The Morgan fingerprint density at radius 3 is 2.87 bits per heavy atom. The predicted octanol–water partition coefficient (Wildman–Crippen LogP) is 3.32. The summed E-state index contributed by atoms with van der Waals surface area (Å²) in [6.45, 7) is 0.576. The average molecular weight is 373 g/mol. The zero-order valence-corrected chi connectivity index (χ0v) is 15.0. The molecule has 0 unspecified atom stereocenters. The van der Waals surface area contributed by atoms with Crippen molar-refractivity contribution in [2.24, 2.45) is 0 Å². The number of amides is 2. The molecule has 8 heteroatoms. The molecule has 0 aromatic heterocycles. The van der Waals surface area contributed by atoms with E-state index >= 15 is 0 Å². The van der Waals surface area contributed by atoms with Crippen LogP contribution in [0, 0.1) is 0 Å². The van der Waals surface area contributed by atoms with Crippen LogP contribution in [0.4, 0.5) is 5.69 Å². The van der Waals surface area contributed by atoms with Crippen LogP contribution in [0.1, 0.15) is 19.3 Å². The molecule has 2 rings (SSSR count). The van der Waals surface area contributed by atoms with Crippen molar-refractivity contribution in [1.82, 2.24) is 4.90 Å². The molecule has 0 aliphatic carbocycles. The topological polar surface area (TPSA) is 58.6 Å². The molecule has 1 fully saturated rings. The van der Waals surface area contributed by atoms with Crippen molar-refractivity contribution in [2.75, 3.05) is 24.7 Å². The first-order valence-electron chi connectivity index (χ1n) is 7.12. The maximum Gasteiger partial charge on any atom is 0.238 e. The molecule has 1 aromatic rings. The number of ether oxygens (including phenoxy) is 1. The lowest BCUT2D eigenvalue weighted by atomic mass is 10.2. The minimum absolute atomic E-state index is 0.0531. The van der Waals surface area contributed by atoms with Crippen molar-refractivity contribution in [3.8, 4) is 5.75 Å². The maximum atomic E-state index is 11.9. The summed E-state index contributed by atoms with van der Waals surface area (Å²) in [4.78, 5) is 25.1. The summed E-state index contributed by atoms with van der Waals surface area (Å²) in [6.07, 6.45) is 1.81. The summed E-state index contributed by atoms with van der Waals surface area (Å²) < 4.78 is 5.69. The molecular formula is C15H17ClN2O3S2. The fourth-order valence-electron chi connectivity index (χ4n) is 2.12. The number of nitrogens with zero attached hydrogens (tertiary/aromatic N) is 1. The number of unbranched alkanes of at least 4 members (excludes halogenated alkanes) is 1. The van der Waals surface area contributed by atoms with E-state index in [1.807, 2.05) is 0 Å². The average Bonchev–Trinajstić information content (AvgIpc) is 2.83. The van der Waals surface area contributed by atoms with Gasteiger partial charge >= 0.3 is 0 Å². The molecule has 0 radical (unpaired) electrons. The molecule has 0 spiro atoms. The van der Waals surface area contributed by atoms with E-state index in [0.717, 1.165) is 6.42 Å². The van der Waals surface area contributed by atoms with Gasteiger partial charge in [0.1, 0.15) is 10.1 Å². The minimum Gasteiger partial charge on any atom is -0.495 e. The maximum absolute atomic E-state index is 11.9. The number of anilines is 1. The fourth-order valence-corrected chi connectivity index (χ4v) is 3.50. The first-order chi connectivity index (χ1) is 11.0. The van der Waals surface area contributed by atoms with E-state index in [-0.39, 0.29) is 11.8 Å². The largest absolute Gasteiger partial charge is 0.495 e. The Kier molecular flexibility index (Phi) is 6.68. The van der Waals surface area contributed by atoms with Gasteiger partial charge in [-0.2, -0.15) is 0 Å². The van der Waals surface area contributed by atoms with Gasteiger partial charge in [0, 0.05) is 18.7 Å². The highest BCUT2D eigenvalue weighted by molar-refractivity contribution is 8.23. The number of carbonyl (C=O) groups is 2. The number of thiocarbonyl (C=S) groups is 1. The van der Waals surface area contributed by atoms with Gasteiger partial charge in [-0.05, 0) is 31.0 Å². The van der Waals surface area contributed by atoms with Gasteiger partial charge < -0.3 is 10.1 Å². The lowest BCUT2D eigenvalue weighted by molar-refractivity contribution is -0.124. The quantitative estimate of drug-likeness (QED) is 0.587. The minimum atomic E-state index is -0.0871. The van der Waals surface area contributed by atoms with Gasteiger partial charge in [0.15, 0.2) is 0 Å². The molecule has 5 nitrogen and oxygen atoms in total. The summed E-state index contributed by atoms with van der Waals surface area (Å²) in [5.74, 6) is 0.958. The third kappa shape index (κ3) is 5.09. The zero-order valence-electron chi connectivity index (χ0n) is 12.6. The van der Waals surface area contributed by atoms with Crippen LogP contribution in [-0.2, 0) is 9.59 Å². The van der Waals surface area contributed by atoms with Crippen LogP contribution < -0.4 is 10.1 Å². The van der Waals surface area contributed by atoms with Gasteiger partial charge in [-0.15, -0.1) is 0 Å². The summed E-state index contributed by atoms with van der Waals surface area (Å²) >= 11 is 12.5. The van der Waals surface area contributed by atoms with Crippen molar-refractivity contribution in [3.05, 3.63) is 23.2 Å². The highest BCUT2D eigenvalue weighted by Gasteiger charge is 2.25. The van der Waals surface area contributed by atoms with E-state index in [2.05, 4.69) is 5.32 Å². The molecule has 1 aliphatic rings. The third-order valence-corrected chi connectivity index (χ3v) is 5.04. The molecule has 1 N–H and O–H groups in total. The van der Waals surface area contributed by atoms with E-state index in [1.165, 1.54) is 18.9 Å². The zero-order chi connectivity index (χ0) is 16.8. The normalized spacial score (nSPS) is 14.3. The number of thioether (sulfide) groups is 1. The van der Waals surface area contributed by atoms with Gasteiger partial charge in [0.05, 0.1) is 17.9 Å². The van der Waals surface area contributed by atoms with E-state index < -0.39 is 0 Å². The van der Waals surface area contributed by atoms with Crippen LogP contribution in [0.25, 0.3) is 0 Å². The Labute approximate surface area is 149 Å². The summed E-state index contributed by atoms with van der Waals surface area (Å²) in [6, 6.07) is 5.09. The molecule has 0 saturated carbocycles. The van der Waals surface area contributed by atoms with E-state index in [0.29, 0.717) is 45.9 Å². The molecule has 1 saturated heterocycles. The number of methoxy groups -OCH3 is 1. The Morgan fingerprint density at radius 2 is 2.26 bits per heavy atom. The molecule has 0 atom stereocenters. The van der Waals surface area contributed by atoms with Gasteiger partial charge in [-0.25, -0.2) is 0 Å². The molecular weight excluding hydrogens is 356 g/mol. The number of hydrogen-bond donors (Lipinski definition) is 1. The monoisotopic (exact) mass is 372 g/mol. The van der Waals surface area contributed by atoms with Crippen LogP contribution in [0.2, 0.25) is 5.02 Å². The number of benzene rings is 1. The molecule has 23 heavy (non-hydrogen) atoms. The number of nitrogens with one attached hydrogen (secondary N) is 1. The Balaban J connectivity index is 1.72. The number of rotatable bonds is 7. The second-order valence-corrected chi connectivity index (χ2v) is 6.97. The van der Waals surface area contributed by atoms with Crippen molar-refractivity contribution < 1.29 is 14.3 Å². The first-order valence-corrected chi connectivity index (χ1v) is 8.89. The second kappa shape index (κ2) is 8.52. The van der Waals surface area contributed by atoms with E-state index in [1.54, 1.807) is 23.1 Å². The Morgan fingerprint density at radius 1 is 1.48 bits per heavy atom. The van der Waals surface area contributed by atoms with Crippen molar-refractivity contribution in [1.29, 1.82) is 0 Å². The highest BCUT2D eigenvalue weighted by Crippen LogP contribution is 2.27. The number of hydrogen-bond acceptors (Lipinski definition) is 5. The predicted molar refractivity (Wildman–Crippen MR) is 97.3 cm³/mol. The van der Waals surface area contributed by atoms with Crippen LogP contribution in [0.15, 0.2) is 18.2 Å². The summed E-state index contributed by atoms with van der Waals surface area (Å²) in [7, 11) is 1.54. The van der Waals surface area contributed by atoms with Crippen LogP contribution in [0.3, 0.4) is 0 Å². The molecule has 2 amide bonds. The van der Waals surface area contributed by atoms with Crippen molar-refractivity contribution in [3.63, 3.8) is 0 Å².